The third kappa shape index (κ3) is 4.82. The number of aryl methyl sites for hydroxylation is 1. The van der Waals surface area contributed by atoms with Gasteiger partial charge in [-0.25, -0.2) is 0 Å². The van der Waals surface area contributed by atoms with Crippen LogP contribution in [0.2, 0.25) is 0 Å². The third-order valence-corrected chi connectivity index (χ3v) is 6.06. The molecule has 0 amide bonds. The number of halogens is 1. The van der Waals surface area contributed by atoms with Gasteiger partial charge < -0.3 is 16.0 Å². The molecule has 0 spiro atoms. The molecule has 0 fully saturated rings. The molecule has 0 aliphatic heterocycles. The van der Waals surface area contributed by atoms with E-state index in [1.807, 2.05) is 73.7 Å². The van der Waals surface area contributed by atoms with Crippen LogP contribution >= 0.6 is 28.1 Å². The largest absolute Gasteiger partial charge is 0.396 e. The minimum atomic E-state index is -0.185. The van der Waals surface area contributed by atoms with E-state index in [1.165, 1.54) is 0 Å². The number of ketones is 1. The summed E-state index contributed by atoms with van der Waals surface area (Å²) in [6.45, 7) is 2.03. The van der Waals surface area contributed by atoms with E-state index >= 15 is 0 Å². The Bertz CT molecular complexity index is 1260. The van der Waals surface area contributed by atoms with Gasteiger partial charge in [0.25, 0.3) is 0 Å². The lowest BCUT2D eigenvalue weighted by atomic mass is 10.0. The van der Waals surface area contributed by atoms with Gasteiger partial charge in [-0.1, -0.05) is 76.2 Å². The Morgan fingerprint density at radius 2 is 1.66 bits per heavy atom. The van der Waals surface area contributed by atoms with Gasteiger partial charge in [0.05, 0.1) is 11.3 Å². The number of hydrogen-bond donors (Lipinski definition) is 3. The van der Waals surface area contributed by atoms with Crippen LogP contribution in [0, 0.1) is 6.92 Å². The Labute approximate surface area is 201 Å². The number of benzene rings is 3. The quantitative estimate of drug-likeness (QED) is 0.196. The van der Waals surface area contributed by atoms with Crippen LogP contribution in [0.5, 0.6) is 0 Å². The summed E-state index contributed by atoms with van der Waals surface area (Å²) in [6.07, 6.45) is 0.548. The summed E-state index contributed by atoms with van der Waals surface area (Å²) < 4.78 is 0.903. The molecule has 0 aliphatic rings. The molecule has 0 unspecified atom stereocenters. The first-order valence-electron chi connectivity index (χ1n) is 10.1. The molecule has 4 rings (SSSR count). The standard InChI is InChI=1S/C26H22BrN3OS/c1-16-7-13-20(14-8-16)29-26-22(21(32)15-17-5-3-2-4-6-17)23(28)24(30-26)25(31)18-9-11-19(27)12-10-18/h2-14,29-30H,15,28H2,1H3. The van der Waals surface area contributed by atoms with Crippen molar-refractivity contribution in [2.75, 3.05) is 11.1 Å². The molecule has 0 radical (unpaired) electrons. The maximum Gasteiger partial charge on any atom is 0.211 e. The molecule has 1 heterocycles. The van der Waals surface area contributed by atoms with E-state index in [1.54, 1.807) is 12.1 Å². The van der Waals surface area contributed by atoms with E-state index in [4.69, 9.17) is 18.0 Å². The van der Waals surface area contributed by atoms with Crippen LogP contribution in [0.3, 0.4) is 0 Å². The molecule has 4 nitrogen and oxygen atoms in total. The van der Waals surface area contributed by atoms with Crippen LogP contribution < -0.4 is 11.1 Å². The van der Waals surface area contributed by atoms with Gasteiger partial charge in [-0.15, -0.1) is 0 Å². The molecule has 3 aromatic carbocycles. The fourth-order valence-electron chi connectivity index (χ4n) is 3.47. The number of rotatable bonds is 7. The number of H-pyrrole nitrogens is 1. The molecule has 0 saturated heterocycles. The van der Waals surface area contributed by atoms with Crippen molar-refractivity contribution in [3.8, 4) is 0 Å². The zero-order chi connectivity index (χ0) is 22.7. The fraction of sp³-hybridized carbons (Fsp3) is 0.0769. The number of carbonyl (C=O) groups is 1. The second kappa shape index (κ2) is 9.51. The first-order valence-corrected chi connectivity index (χ1v) is 11.3. The van der Waals surface area contributed by atoms with Crippen molar-refractivity contribution in [2.24, 2.45) is 0 Å². The van der Waals surface area contributed by atoms with Crippen LogP contribution in [0.1, 0.15) is 32.7 Å². The van der Waals surface area contributed by atoms with Crippen LogP contribution in [0.15, 0.2) is 83.3 Å². The molecular weight excluding hydrogens is 482 g/mol. The molecule has 4 N–H and O–H groups in total. The number of nitrogen functional groups attached to an aromatic ring is 1. The number of nitrogens with two attached hydrogens (primary N) is 1. The molecule has 0 bridgehead atoms. The van der Waals surface area contributed by atoms with Crippen molar-refractivity contribution in [3.63, 3.8) is 0 Å². The summed E-state index contributed by atoms with van der Waals surface area (Å²) in [5.41, 5.74) is 11.5. The van der Waals surface area contributed by atoms with Gasteiger partial charge in [-0.05, 0) is 48.9 Å². The van der Waals surface area contributed by atoms with Crippen molar-refractivity contribution in [3.05, 3.63) is 111 Å². The Hall–Kier alpha value is -3.22. The monoisotopic (exact) mass is 503 g/mol. The number of aromatic nitrogens is 1. The summed E-state index contributed by atoms with van der Waals surface area (Å²) in [5.74, 6) is 0.434. The SMILES string of the molecule is Cc1ccc(Nc2[nH]c(C(=O)c3ccc(Br)cc3)c(N)c2C(=S)Cc2ccccc2)cc1. The van der Waals surface area contributed by atoms with Crippen LogP contribution in [0.4, 0.5) is 17.2 Å². The molecule has 32 heavy (non-hydrogen) atoms. The maximum absolute atomic E-state index is 13.2. The molecular formula is C26H22BrN3OS. The van der Waals surface area contributed by atoms with Gasteiger partial charge in [0.2, 0.25) is 5.78 Å². The smallest absolute Gasteiger partial charge is 0.211 e. The van der Waals surface area contributed by atoms with Gasteiger partial charge in [0.1, 0.15) is 11.5 Å². The Morgan fingerprint density at radius 3 is 2.31 bits per heavy atom. The van der Waals surface area contributed by atoms with E-state index in [9.17, 15) is 4.79 Å². The summed E-state index contributed by atoms with van der Waals surface area (Å²) in [4.78, 5) is 17.1. The number of carbonyl (C=O) groups excluding carboxylic acids is 1. The predicted octanol–water partition coefficient (Wildman–Crippen LogP) is 6.60. The number of aromatic amines is 1. The Morgan fingerprint density at radius 1 is 1.00 bits per heavy atom. The lowest BCUT2D eigenvalue weighted by Gasteiger charge is -2.10. The van der Waals surface area contributed by atoms with Crippen molar-refractivity contribution >= 4 is 56.0 Å². The molecule has 0 atom stereocenters. The molecule has 0 aliphatic carbocycles. The second-order valence-corrected chi connectivity index (χ2v) is 8.98. The normalized spacial score (nSPS) is 10.7. The summed E-state index contributed by atoms with van der Waals surface area (Å²) in [7, 11) is 0. The first kappa shape index (κ1) is 22.0. The van der Waals surface area contributed by atoms with E-state index in [2.05, 4.69) is 26.2 Å². The summed E-state index contributed by atoms with van der Waals surface area (Å²) in [6, 6.07) is 25.2. The van der Waals surface area contributed by atoms with E-state index in [-0.39, 0.29) is 5.78 Å². The third-order valence-electron chi connectivity index (χ3n) is 5.18. The molecule has 160 valence electrons. The number of nitrogens with one attached hydrogen (secondary N) is 2. The Balaban J connectivity index is 1.74. The number of hydrogen-bond acceptors (Lipinski definition) is 4. The molecule has 4 aromatic rings. The van der Waals surface area contributed by atoms with Crippen molar-refractivity contribution < 1.29 is 4.79 Å². The maximum atomic E-state index is 13.2. The lowest BCUT2D eigenvalue weighted by Crippen LogP contribution is -2.08. The van der Waals surface area contributed by atoms with Gasteiger partial charge in [-0.2, -0.15) is 0 Å². The zero-order valence-corrected chi connectivity index (χ0v) is 19.9. The zero-order valence-electron chi connectivity index (χ0n) is 17.5. The number of thiocarbonyl (C=S) groups is 1. The van der Waals surface area contributed by atoms with E-state index in [0.717, 1.165) is 21.3 Å². The topological polar surface area (TPSA) is 70.9 Å². The average Bonchev–Trinajstić information content (AvgIpc) is 3.11. The van der Waals surface area contributed by atoms with E-state index in [0.29, 0.717) is 39.6 Å². The van der Waals surface area contributed by atoms with Gasteiger partial charge in [-0.3, -0.25) is 4.79 Å². The summed E-state index contributed by atoms with van der Waals surface area (Å²) >= 11 is 9.19. The average molecular weight is 504 g/mol. The highest BCUT2D eigenvalue weighted by Gasteiger charge is 2.24. The van der Waals surface area contributed by atoms with Gasteiger partial charge >= 0.3 is 0 Å². The van der Waals surface area contributed by atoms with Crippen molar-refractivity contribution in [2.45, 2.75) is 13.3 Å². The van der Waals surface area contributed by atoms with Gasteiger partial charge in [0.15, 0.2) is 0 Å². The highest BCUT2D eigenvalue weighted by Crippen LogP contribution is 2.32. The fourth-order valence-corrected chi connectivity index (χ4v) is 4.12. The number of anilines is 3. The highest BCUT2D eigenvalue weighted by molar-refractivity contribution is 9.10. The minimum Gasteiger partial charge on any atom is -0.396 e. The van der Waals surface area contributed by atoms with Crippen LogP contribution in [-0.4, -0.2) is 15.6 Å². The molecule has 1 aromatic heterocycles. The second-order valence-electron chi connectivity index (χ2n) is 7.58. The van der Waals surface area contributed by atoms with Crippen LogP contribution in [0.25, 0.3) is 0 Å². The first-order chi connectivity index (χ1) is 15.4. The predicted molar refractivity (Wildman–Crippen MR) is 139 cm³/mol. The highest BCUT2D eigenvalue weighted by atomic mass is 79.9. The Kier molecular flexibility index (Phi) is 6.53. The minimum absolute atomic E-state index is 0.185. The molecule has 0 saturated carbocycles. The van der Waals surface area contributed by atoms with Crippen LogP contribution in [-0.2, 0) is 6.42 Å². The van der Waals surface area contributed by atoms with Gasteiger partial charge in [0, 0.05) is 27.0 Å². The molecule has 6 heteroatoms. The van der Waals surface area contributed by atoms with Crippen molar-refractivity contribution in [1.29, 1.82) is 0 Å². The summed E-state index contributed by atoms with van der Waals surface area (Å²) in [5, 5.41) is 3.36. The van der Waals surface area contributed by atoms with Crippen molar-refractivity contribution in [1.82, 2.24) is 4.98 Å². The van der Waals surface area contributed by atoms with E-state index < -0.39 is 0 Å². The lowest BCUT2D eigenvalue weighted by molar-refractivity contribution is 0.103.